The third kappa shape index (κ3) is 1.69. The van der Waals surface area contributed by atoms with Crippen molar-refractivity contribution in [1.29, 1.82) is 0 Å². The van der Waals surface area contributed by atoms with Gasteiger partial charge in [0.05, 0.1) is 7.11 Å². The summed E-state index contributed by atoms with van der Waals surface area (Å²) in [4.78, 5) is -0.398. The predicted molar refractivity (Wildman–Crippen MR) is 39.2 cm³/mol. The second-order valence-corrected chi connectivity index (χ2v) is 3.91. The fourth-order valence-electron chi connectivity index (χ4n) is 0.613. The fourth-order valence-corrected chi connectivity index (χ4v) is 2.26. The Labute approximate surface area is 67.6 Å². The van der Waals surface area contributed by atoms with Crippen LogP contribution in [0.15, 0.2) is 16.3 Å². The Hall–Kier alpha value is -0.620. The van der Waals surface area contributed by atoms with E-state index in [0.29, 0.717) is 0 Å². The lowest BCUT2D eigenvalue weighted by Crippen LogP contribution is -1.92. The molecule has 0 amide bonds. The number of rotatable bonds is 2. The van der Waals surface area contributed by atoms with E-state index in [2.05, 4.69) is 4.74 Å². The summed E-state index contributed by atoms with van der Waals surface area (Å²) in [6.07, 6.45) is 0. The third-order valence-electron chi connectivity index (χ3n) is 1.04. The smallest absolute Gasteiger partial charge is 0.336 e. The monoisotopic (exact) mass is 196 g/mol. The van der Waals surface area contributed by atoms with Crippen molar-refractivity contribution in [3.63, 3.8) is 0 Å². The molecule has 0 bridgehead atoms. The molecule has 0 spiro atoms. The van der Waals surface area contributed by atoms with Gasteiger partial charge in [0.25, 0.3) is 0 Å². The highest BCUT2D eigenvalue weighted by atomic mass is 32.3. The van der Waals surface area contributed by atoms with Crippen molar-refractivity contribution in [3.8, 4) is 5.06 Å². The molecule has 0 aliphatic rings. The molecule has 3 nitrogen and oxygen atoms in total. The van der Waals surface area contributed by atoms with Crippen LogP contribution < -0.4 is 4.74 Å². The number of ether oxygens (including phenoxy) is 1. The second kappa shape index (κ2) is 2.78. The maximum absolute atomic E-state index is 12.3. The van der Waals surface area contributed by atoms with Gasteiger partial charge in [0.2, 0.25) is 0 Å². The highest BCUT2D eigenvalue weighted by Gasteiger charge is 2.18. The maximum atomic E-state index is 12.3. The van der Waals surface area contributed by atoms with Crippen LogP contribution in [0, 0.1) is 0 Å². The molecule has 1 rings (SSSR count). The van der Waals surface area contributed by atoms with Gasteiger partial charge in [-0.15, -0.1) is 15.2 Å². The van der Waals surface area contributed by atoms with Crippen molar-refractivity contribution in [2.75, 3.05) is 7.11 Å². The van der Waals surface area contributed by atoms with Gasteiger partial charge in [0, 0.05) is 0 Å². The summed E-state index contributed by atoms with van der Waals surface area (Å²) < 4.78 is 37.6. The molecule has 6 heteroatoms. The lowest BCUT2D eigenvalue weighted by atomic mass is 10.6. The lowest BCUT2D eigenvalue weighted by molar-refractivity contribution is 0.414. The summed E-state index contributed by atoms with van der Waals surface area (Å²) in [7, 11) is -3.32. The van der Waals surface area contributed by atoms with Crippen molar-refractivity contribution in [1.82, 2.24) is 0 Å². The molecule has 0 radical (unpaired) electrons. The van der Waals surface area contributed by atoms with E-state index >= 15 is 0 Å². The molecule has 0 fully saturated rings. The minimum absolute atomic E-state index is 0.0764. The molecule has 0 aliphatic heterocycles. The highest BCUT2D eigenvalue weighted by Crippen LogP contribution is 2.30. The van der Waals surface area contributed by atoms with Gasteiger partial charge in [0.1, 0.15) is 0 Å². The first-order chi connectivity index (χ1) is 5.05. The van der Waals surface area contributed by atoms with Gasteiger partial charge in [-0.3, -0.25) is 0 Å². The van der Waals surface area contributed by atoms with Crippen LogP contribution in [0.25, 0.3) is 0 Å². The first kappa shape index (κ1) is 8.48. The Morgan fingerprint density at radius 1 is 1.64 bits per heavy atom. The Kier molecular flexibility index (Phi) is 2.15. The van der Waals surface area contributed by atoms with E-state index in [4.69, 9.17) is 0 Å². The van der Waals surface area contributed by atoms with E-state index in [9.17, 15) is 12.3 Å². The third-order valence-corrected chi connectivity index (χ3v) is 2.89. The van der Waals surface area contributed by atoms with Crippen LogP contribution in [0.2, 0.25) is 0 Å². The summed E-state index contributed by atoms with van der Waals surface area (Å²) in [6, 6.07) is 1.17. The number of thiophene rings is 1. The number of hydrogen-bond acceptors (Lipinski definition) is 4. The summed E-state index contributed by atoms with van der Waals surface area (Å²) in [5.41, 5.74) is 0. The zero-order valence-electron chi connectivity index (χ0n) is 5.57. The molecular weight excluding hydrogens is 191 g/mol. The van der Waals surface area contributed by atoms with Gasteiger partial charge >= 0.3 is 10.2 Å². The van der Waals surface area contributed by atoms with Crippen molar-refractivity contribution < 1.29 is 17.0 Å². The minimum atomic E-state index is -4.62. The van der Waals surface area contributed by atoms with E-state index in [-0.39, 0.29) is 5.06 Å². The van der Waals surface area contributed by atoms with E-state index in [1.807, 2.05) is 0 Å². The van der Waals surface area contributed by atoms with Crippen LogP contribution in [0.5, 0.6) is 5.06 Å². The Balaban J connectivity index is 3.24. The van der Waals surface area contributed by atoms with Crippen LogP contribution in [-0.2, 0) is 10.2 Å². The second-order valence-electron chi connectivity index (χ2n) is 1.71. The van der Waals surface area contributed by atoms with Gasteiger partial charge in [-0.2, -0.15) is 8.42 Å². The molecule has 0 saturated carbocycles. The lowest BCUT2D eigenvalue weighted by Gasteiger charge is -1.95. The first-order valence-corrected chi connectivity index (χ1v) is 4.88. The molecule has 0 atom stereocenters. The topological polar surface area (TPSA) is 43.4 Å². The Morgan fingerprint density at radius 3 is 2.64 bits per heavy atom. The molecule has 0 saturated heterocycles. The van der Waals surface area contributed by atoms with Crippen molar-refractivity contribution in [2.24, 2.45) is 0 Å². The van der Waals surface area contributed by atoms with Crippen LogP contribution >= 0.6 is 11.3 Å². The molecule has 11 heavy (non-hydrogen) atoms. The molecule has 0 N–H and O–H groups in total. The Bertz CT molecular complexity index is 340. The molecule has 62 valence electrons. The standard InChI is InChI=1S/C5H5FO3S2/c1-9-5-4(2-3-10-5)11(6,7)8/h2-3H,1H3. The number of methoxy groups -OCH3 is 1. The van der Waals surface area contributed by atoms with Crippen molar-refractivity contribution in [3.05, 3.63) is 11.4 Å². The van der Waals surface area contributed by atoms with Crippen LogP contribution in [0.1, 0.15) is 0 Å². The van der Waals surface area contributed by atoms with E-state index in [1.165, 1.54) is 18.6 Å². The Morgan fingerprint density at radius 2 is 2.27 bits per heavy atom. The SMILES string of the molecule is COc1sccc1S(=O)(=O)F. The summed E-state index contributed by atoms with van der Waals surface area (Å²) in [5, 5.41) is 1.53. The zero-order valence-corrected chi connectivity index (χ0v) is 7.21. The molecule has 0 aliphatic carbocycles. The normalized spacial score (nSPS) is 11.5. The quantitative estimate of drug-likeness (QED) is 0.672. The summed E-state index contributed by atoms with van der Waals surface area (Å²) in [6.45, 7) is 0. The van der Waals surface area contributed by atoms with E-state index in [1.54, 1.807) is 0 Å². The molecule has 1 heterocycles. The predicted octanol–water partition coefficient (Wildman–Crippen LogP) is 1.41. The van der Waals surface area contributed by atoms with Gasteiger partial charge in [0.15, 0.2) is 9.96 Å². The van der Waals surface area contributed by atoms with Crippen molar-refractivity contribution in [2.45, 2.75) is 4.90 Å². The summed E-state index contributed by atoms with van der Waals surface area (Å²) in [5.74, 6) is 0. The maximum Gasteiger partial charge on any atom is 0.336 e. The van der Waals surface area contributed by atoms with E-state index in [0.717, 1.165) is 11.3 Å². The minimum Gasteiger partial charge on any atom is -0.486 e. The van der Waals surface area contributed by atoms with Crippen molar-refractivity contribution >= 4 is 21.6 Å². The van der Waals surface area contributed by atoms with Crippen LogP contribution in [0.3, 0.4) is 0 Å². The highest BCUT2D eigenvalue weighted by molar-refractivity contribution is 7.86. The van der Waals surface area contributed by atoms with Gasteiger partial charge in [-0.25, -0.2) is 0 Å². The largest absolute Gasteiger partial charge is 0.486 e. The number of halogens is 1. The molecule has 1 aromatic heterocycles. The average molecular weight is 196 g/mol. The molecule has 1 aromatic rings. The van der Waals surface area contributed by atoms with Gasteiger partial charge < -0.3 is 4.74 Å². The number of hydrogen-bond donors (Lipinski definition) is 0. The summed E-state index contributed by atoms with van der Waals surface area (Å²) >= 11 is 1.04. The van der Waals surface area contributed by atoms with Crippen LogP contribution in [0.4, 0.5) is 3.89 Å². The molecule has 0 aromatic carbocycles. The fraction of sp³-hybridized carbons (Fsp3) is 0.200. The van der Waals surface area contributed by atoms with Crippen LogP contribution in [-0.4, -0.2) is 15.5 Å². The first-order valence-electron chi connectivity index (χ1n) is 2.62. The van der Waals surface area contributed by atoms with Gasteiger partial charge in [-0.05, 0) is 11.4 Å². The molecule has 0 unspecified atom stereocenters. The average Bonchev–Trinajstić information content (AvgIpc) is 2.31. The van der Waals surface area contributed by atoms with E-state index < -0.39 is 15.1 Å². The zero-order chi connectivity index (χ0) is 8.48. The van der Waals surface area contributed by atoms with Gasteiger partial charge in [-0.1, -0.05) is 0 Å². The molecular formula is C5H5FO3S2.